The van der Waals surface area contributed by atoms with Crippen LogP contribution in [0, 0.1) is 0 Å². The number of hydrogen-bond donors (Lipinski definition) is 0. The van der Waals surface area contributed by atoms with Gasteiger partial charge in [0.05, 0.1) is 10.2 Å². The molecule has 4 rings (SSSR count). The lowest BCUT2D eigenvalue weighted by Gasteiger charge is -2.20. The molecule has 0 aliphatic carbocycles. The second-order valence-electron chi connectivity index (χ2n) is 7.41. The largest absolute Gasteiger partial charge is 0.573 e. The minimum absolute atomic E-state index is 0. The number of carbonyl (C=O) groups is 1. The number of fused-ring (bicyclic) bond motifs is 2. The molecule has 1 aliphatic heterocycles. The summed E-state index contributed by atoms with van der Waals surface area (Å²) in [7, 11) is 3.76. The molecule has 0 saturated heterocycles. The van der Waals surface area contributed by atoms with Gasteiger partial charge in [0.15, 0.2) is 16.6 Å². The average molecular weight is 516 g/mol. The maximum Gasteiger partial charge on any atom is 0.573 e. The second kappa shape index (κ2) is 10.5. The first-order valence-corrected chi connectivity index (χ1v) is 10.7. The Kier molecular flexibility index (Phi) is 7.90. The maximum atomic E-state index is 13.1. The number of aromatic nitrogens is 1. The first-order valence-electron chi connectivity index (χ1n) is 9.88. The zero-order chi connectivity index (χ0) is 23.6. The van der Waals surface area contributed by atoms with Gasteiger partial charge in [0.2, 0.25) is 6.79 Å². The van der Waals surface area contributed by atoms with Gasteiger partial charge in [0.25, 0.3) is 5.91 Å². The molecule has 3 aromatic rings. The number of ether oxygens (including phenoxy) is 3. The van der Waals surface area contributed by atoms with E-state index in [1.165, 1.54) is 29.2 Å². The van der Waals surface area contributed by atoms with Crippen LogP contribution in [0.15, 0.2) is 42.5 Å². The molecular formula is C22H21ClF3N3O4S. The molecule has 1 amide bonds. The number of amides is 1. The fourth-order valence-corrected chi connectivity index (χ4v) is 4.11. The van der Waals surface area contributed by atoms with Gasteiger partial charge >= 0.3 is 6.36 Å². The molecule has 0 unspecified atom stereocenters. The highest BCUT2D eigenvalue weighted by Gasteiger charge is 2.31. The third-order valence-corrected chi connectivity index (χ3v) is 5.71. The number of carbonyl (C=O) groups excluding carboxylic acids is 1. The molecule has 0 spiro atoms. The van der Waals surface area contributed by atoms with E-state index >= 15 is 0 Å². The van der Waals surface area contributed by atoms with Gasteiger partial charge in [-0.15, -0.1) is 25.6 Å². The Balaban J connectivity index is 0.00000324. The van der Waals surface area contributed by atoms with Gasteiger partial charge in [0.1, 0.15) is 5.75 Å². The van der Waals surface area contributed by atoms with E-state index in [1.54, 1.807) is 24.3 Å². The minimum Gasteiger partial charge on any atom is -0.454 e. The van der Waals surface area contributed by atoms with Crippen LogP contribution in [0.1, 0.15) is 5.56 Å². The molecule has 7 nitrogen and oxygen atoms in total. The molecule has 0 atom stereocenters. The van der Waals surface area contributed by atoms with Gasteiger partial charge < -0.3 is 19.1 Å². The van der Waals surface area contributed by atoms with E-state index in [-0.39, 0.29) is 30.9 Å². The number of anilines is 1. The van der Waals surface area contributed by atoms with Crippen molar-refractivity contribution < 1.29 is 32.2 Å². The van der Waals surface area contributed by atoms with E-state index < -0.39 is 6.36 Å². The average Bonchev–Trinajstić information content (AvgIpc) is 3.36. The van der Waals surface area contributed by atoms with Crippen LogP contribution < -0.4 is 19.1 Å². The third kappa shape index (κ3) is 6.31. The number of rotatable bonds is 7. The smallest absolute Gasteiger partial charge is 0.454 e. The normalized spacial score (nSPS) is 12.9. The predicted molar refractivity (Wildman–Crippen MR) is 126 cm³/mol. The summed E-state index contributed by atoms with van der Waals surface area (Å²) < 4.78 is 52.7. The van der Waals surface area contributed by atoms with Crippen molar-refractivity contribution in [3.63, 3.8) is 0 Å². The van der Waals surface area contributed by atoms with E-state index in [2.05, 4.69) is 9.72 Å². The lowest BCUT2D eigenvalue weighted by Crippen LogP contribution is -2.35. The van der Waals surface area contributed by atoms with Crippen molar-refractivity contribution in [3.05, 3.63) is 48.0 Å². The molecule has 1 aliphatic rings. The van der Waals surface area contributed by atoms with Gasteiger partial charge in [-0.3, -0.25) is 9.69 Å². The number of likely N-dealkylation sites (N-methyl/N-ethyl adjacent to an activating group) is 1. The van der Waals surface area contributed by atoms with E-state index in [9.17, 15) is 18.0 Å². The molecule has 34 heavy (non-hydrogen) atoms. The van der Waals surface area contributed by atoms with Crippen molar-refractivity contribution in [1.82, 2.24) is 9.88 Å². The molecule has 12 heteroatoms. The monoisotopic (exact) mass is 515 g/mol. The Morgan fingerprint density at radius 1 is 1.15 bits per heavy atom. The van der Waals surface area contributed by atoms with Gasteiger partial charge in [-0.2, -0.15) is 0 Å². The fourth-order valence-electron chi connectivity index (χ4n) is 3.08. The van der Waals surface area contributed by atoms with Crippen LogP contribution in [0.25, 0.3) is 16.3 Å². The Morgan fingerprint density at radius 3 is 2.65 bits per heavy atom. The van der Waals surface area contributed by atoms with Crippen LogP contribution in [-0.2, 0) is 4.79 Å². The van der Waals surface area contributed by atoms with E-state index in [0.29, 0.717) is 39.9 Å². The van der Waals surface area contributed by atoms with Crippen LogP contribution in [0.3, 0.4) is 0 Å². The first-order chi connectivity index (χ1) is 15.7. The van der Waals surface area contributed by atoms with Crippen LogP contribution in [0.5, 0.6) is 17.2 Å². The number of benzene rings is 2. The predicted octanol–water partition coefficient (Wildman–Crippen LogP) is 4.95. The topological polar surface area (TPSA) is 64.1 Å². The highest BCUT2D eigenvalue weighted by molar-refractivity contribution is 7.22. The van der Waals surface area contributed by atoms with Crippen molar-refractivity contribution in [1.29, 1.82) is 0 Å². The molecule has 1 aromatic heterocycles. The second-order valence-corrected chi connectivity index (χ2v) is 8.42. The summed E-state index contributed by atoms with van der Waals surface area (Å²) in [4.78, 5) is 20.9. The van der Waals surface area contributed by atoms with Crippen LogP contribution in [0.4, 0.5) is 18.3 Å². The summed E-state index contributed by atoms with van der Waals surface area (Å²) in [5.74, 6) is 0.617. The fraction of sp³-hybridized carbons (Fsp3) is 0.273. The Morgan fingerprint density at radius 2 is 1.91 bits per heavy atom. The van der Waals surface area contributed by atoms with Crippen molar-refractivity contribution in [2.45, 2.75) is 6.36 Å². The van der Waals surface area contributed by atoms with Crippen molar-refractivity contribution in [2.24, 2.45) is 0 Å². The number of alkyl halides is 3. The summed E-state index contributed by atoms with van der Waals surface area (Å²) in [6.45, 7) is 1.08. The molecule has 2 aromatic carbocycles. The summed E-state index contributed by atoms with van der Waals surface area (Å²) >= 11 is 1.12. The minimum atomic E-state index is -4.78. The quantitative estimate of drug-likeness (QED) is 0.415. The van der Waals surface area contributed by atoms with E-state index in [1.807, 2.05) is 19.0 Å². The first kappa shape index (κ1) is 25.6. The third-order valence-electron chi connectivity index (χ3n) is 4.66. The molecule has 0 saturated carbocycles. The Hall–Kier alpha value is -3.02. The van der Waals surface area contributed by atoms with Crippen LogP contribution in [-0.4, -0.2) is 56.1 Å². The zero-order valence-electron chi connectivity index (χ0n) is 18.2. The molecule has 0 radical (unpaired) electrons. The van der Waals surface area contributed by atoms with Crippen molar-refractivity contribution in [3.8, 4) is 17.2 Å². The van der Waals surface area contributed by atoms with Gasteiger partial charge in [-0.05, 0) is 50.0 Å². The Bertz CT molecular complexity index is 1200. The lowest BCUT2D eigenvalue weighted by molar-refractivity contribution is -0.274. The van der Waals surface area contributed by atoms with Crippen LogP contribution in [0.2, 0.25) is 0 Å². The van der Waals surface area contributed by atoms with Crippen molar-refractivity contribution in [2.75, 3.05) is 38.9 Å². The number of hydrogen-bond acceptors (Lipinski definition) is 7. The lowest BCUT2D eigenvalue weighted by atomic mass is 10.2. The molecular weight excluding hydrogens is 495 g/mol. The highest BCUT2D eigenvalue weighted by atomic mass is 35.5. The zero-order valence-corrected chi connectivity index (χ0v) is 19.8. The number of halogens is 4. The van der Waals surface area contributed by atoms with Gasteiger partial charge in [-0.1, -0.05) is 17.4 Å². The molecule has 182 valence electrons. The number of nitrogens with zero attached hydrogens (tertiary/aromatic N) is 3. The van der Waals surface area contributed by atoms with Crippen molar-refractivity contribution >= 4 is 51.1 Å². The summed E-state index contributed by atoms with van der Waals surface area (Å²) in [6, 6.07) is 9.25. The SMILES string of the molecule is CN(C)CCN(C(=O)C=Cc1ccc2c(c1)OCO2)c1nc2ccc(OC(F)(F)F)cc2s1.Cl. The van der Waals surface area contributed by atoms with E-state index in [4.69, 9.17) is 9.47 Å². The standard InChI is InChI=1S/C22H20F3N3O4S.ClH/c1-27(2)9-10-28(20(29)8-4-14-3-7-17-18(11-14)31-13-30-17)21-26-16-6-5-15(12-19(16)33-21)32-22(23,24)25;/h3-8,11-12H,9-10,13H2,1-2H3;1H. The number of thiazole rings is 1. The van der Waals surface area contributed by atoms with Gasteiger partial charge in [-0.25, -0.2) is 4.98 Å². The summed E-state index contributed by atoms with van der Waals surface area (Å²) in [5.41, 5.74) is 1.24. The van der Waals surface area contributed by atoms with Gasteiger partial charge in [0, 0.05) is 25.2 Å². The molecule has 0 N–H and O–H groups in total. The van der Waals surface area contributed by atoms with Crippen LogP contribution >= 0.6 is 23.7 Å². The molecule has 2 heterocycles. The Labute approximate surface area is 203 Å². The molecule has 0 fully saturated rings. The highest BCUT2D eigenvalue weighted by Crippen LogP contribution is 2.34. The summed E-state index contributed by atoms with van der Waals surface area (Å²) in [5, 5.41) is 0.386. The van der Waals surface area contributed by atoms with E-state index in [0.717, 1.165) is 16.9 Å². The maximum absolute atomic E-state index is 13.1. The molecule has 0 bridgehead atoms. The summed E-state index contributed by atoms with van der Waals surface area (Å²) in [6.07, 6.45) is -1.69.